The van der Waals surface area contributed by atoms with Crippen LogP contribution in [0.2, 0.25) is 0 Å². The number of aliphatic imine (C=N–C) groups is 1. The zero-order valence-corrected chi connectivity index (χ0v) is 18.6. The van der Waals surface area contributed by atoms with Crippen molar-refractivity contribution in [3.8, 4) is 11.5 Å². The van der Waals surface area contributed by atoms with Crippen LogP contribution in [0.5, 0.6) is 11.5 Å². The van der Waals surface area contributed by atoms with Gasteiger partial charge in [0.15, 0.2) is 11.5 Å². The minimum atomic E-state index is -0.307. The van der Waals surface area contributed by atoms with Crippen molar-refractivity contribution in [1.82, 2.24) is 10.2 Å². The molecule has 1 amide bonds. The third kappa shape index (κ3) is 7.84. The maximum atomic E-state index is 12.7. The largest absolute Gasteiger partial charge is 0.463 e. The van der Waals surface area contributed by atoms with Crippen molar-refractivity contribution in [2.45, 2.75) is 46.6 Å². The first-order chi connectivity index (χ1) is 14.6. The molecule has 0 unspecified atom stereocenters. The van der Waals surface area contributed by atoms with Gasteiger partial charge in [0, 0.05) is 12.2 Å². The number of hydrogen-bond acceptors (Lipinski definition) is 7. The monoisotopic (exact) mass is 421 g/mol. The molecule has 8 nitrogen and oxygen atoms in total. The summed E-state index contributed by atoms with van der Waals surface area (Å²) in [4.78, 5) is 19.7. The quantitative estimate of drug-likeness (QED) is 0.317. The van der Waals surface area contributed by atoms with Crippen LogP contribution < -0.4 is 14.8 Å². The van der Waals surface area contributed by atoms with Crippen molar-refractivity contribution in [2.75, 3.05) is 46.2 Å². The number of benzene rings is 1. The molecular weight excluding hydrogens is 386 g/mol. The number of carbonyl (C=O) groups excluding carboxylic acids is 1. The predicted octanol–water partition coefficient (Wildman–Crippen LogP) is 3.06. The Labute approximate surface area is 179 Å². The predicted molar refractivity (Wildman–Crippen MR) is 116 cm³/mol. The van der Waals surface area contributed by atoms with E-state index in [1.54, 1.807) is 18.2 Å². The number of ether oxygens (including phenoxy) is 4. The highest BCUT2D eigenvalue weighted by molar-refractivity contribution is 6.04. The number of rotatable bonds is 12. The highest BCUT2D eigenvalue weighted by atomic mass is 16.7. The second-order valence-corrected chi connectivity index (χ2v) is 7.02. The van der Waals surface area contributed by atoms with E-state index in [1.807, 2.05) is 13.8 Å². The fourth-order valence-corrected chi connectivity index (χ4v) is 3.07. The lowest BCUT2D eigenvalue weighted by Crippen LogP contribution is -2.34. The Bertz CT molecular complexity index is 691. The van der Waals surface area contributed by atoms with E-state index in [0.717, 1.165) is 32.5 Å². The fraction of sp³-hybridized carbons (Fsp3) is 0.636. The lowest BCUT2D eigenvalue weighted by Gasteiger charge is -2.18. The molecule has 1 aromatic carbocycles. The van der Waals surface area contributed by atoms with Crippen LogP contribution in [0.4, 0.5) is 0 Å². The first kappa shape index (κ1) is 24.0. The van der Waals surface area contributed by atoms with E-state index < -0.39 is 0 Å². The number of fused-ring (bicyclic) bond motifs is 1. The van der Waals surface area contributed by atoms with Crippen molar-refractivity contribution in [3.05, 3.63) is 23.8 Å². The average Bonchev–Trinajstić information content (AvgIpc) is 3.22. The lowest BCUT2D eigenvalue weighted by molar-refractivity contribution is 0.0920. The molecule has 0 saturated carbocycles. The summed E-state index contributed by atoms with van der Waals surface area (Å²) in [6.45, 7) is 13.0. The van der Waals surface area contributed by atoms with E-state index in [4.69, 9.17) is 18.9 Å². The number of nitrogens with zero attached hydrogens (tertiary/aromatic N) is 2. The van der Waals surface area contributed by atoms with E-state index in [1.165, 1.54) is 0 Å². The summed E-state index contributed by atoms with van der Waals surface area (Å²) in [5, 5.41) is 2.78. The van der Waals surface area contributed by atoms with Gasteiger partial charge >= 0.3 is 0 Å². The Kier molecular flexibility index (Phi) is 10.4. The van der Waals surface area contributed by atoms with Gasteiger partial charge in [0.1, 0.15) is 6.61 Å². The van der Waals surface area contributed by atoms with Gasteiger partial charge in [-0.15, -0.1) is 0 Å². The summed E-state index contributed by atoms with van der Waals surface area (Å²) in [6, 6.07) is 5.31. The molecule has 0 aromatic heterocycles. The molecule has 1 heterocycles. The summed E-state index contributed by atoms with van der Waals surface area (Å²) < 4.78 is 21.7. The molecule has 0 aliphatic carbocycles. The zero-order chi connectivity index (χ0) is 21.8. The van der Waals surface area contributed by atoms with Crippen LogP contribution in [-0.2, 0) is 9.47 Å². The number of hydrogen-bond donors (Lipinski definition) is 1. The van der Waals surface area contributed by atoms with E-state index in [9.17, 15) is 4.79 Å². The highest BCUT2D eigenvalue weighted by Crippen LogP contribution is 2.32. The smallest absolute Gasteiger partial charge is 0.292 e. The van der Waals surface area contributed by atoms with Gasteiger partial charge in [-0.1, -0.05) is 13.8 Å². The van der Waals surface area contributed by atoms with E-state index in [0.29, 0.717) is 36.9 Å². The average molecular weight is 422 g/mol. The second-order valence-electron chi connectivity index (χ2n) is 7.02. The summed E-state index contributed by atoms with van der Waals surface area (Å²) in [5.74, 6) is 0.886. The standard InChI is InChI=1S/C22H35N3O5/c1-5-25(6-2)12-8-9-17(4)23-22(28-14-13-27-7-3)24-21(26)18-10-11-19-20(15-18)30-16-29-19/h10-11,15,17H,5-9,12-14,16H2,1-4H3,(H,23,24,26)/t17-/m0/s1. The molecule has 0 spiro atoms. The SMILES string of the molecule is CCOCCOC(=N[C@@H](C)CCCN(CC)CC)NC(=O)c1ccc2c(c1)OCO2. The Balaban J connectivity index is 1.96. The van der Waals surface area contributed by atoms with Crippen molar-refractivity contribution in [1.29, 1.82) is 0 Å². The second kappa shape index (κ2) is 13.1. The van der Waals surface area contributed by atoms with Crippen LogP contribution in [-0.4, -0.2) is 69.1 Å². The van der Waals surface area contributed by atoms with Gasteiger partial charge in [0.2, 0.25) is 6.79 Å². The van der Waals surface area contributed by atoms with Crippen molar-refractivity contribution >= 4 is 11.9 Å². The topological polar surface area (TPSA) is 81.6 Å². The molecule has 1 aromatic rings. The fourth-order valence-electron chi connectivity index (χ4n) is 3.07. The molecule has 2 rings (SSSR count). The van der Waals surface area contributed by atoms with Crippen LogP contribution in [0.25, 0.3) is 0 Å². The molecule has 168 valence electrons. The van der Waals surface area contributed by atoms with Crippen LogP contribution in [0.3, 0.4) is 0 Å². The van der Waals surface area contributed by atoms with E-state index in [2.05, 4.69) is 29.1 Å². The van der Waals surface area contributed by atoms with Gasteiger partial charge in [0.05, 0.1) is 12.6 Å². The number of amidine groups is 1. The summed E-state index contributed by atoms with van der Waals surface area (Å²) in [6.07, 6.45) is 1.95. The molecule has 0 bridgehead atoms. The van der Waals surface area contributed by atoms with Crippen molar-refractivity contribution < 1.29 is 23.7 Å². The van der Waals surface area contributed by atoms with Gasteiger partial charge < -0.3 is 23.8 Å². The summed E-state index contributed by atoms with van der Waals surface area (Å²) >= 11 is 0. The van der Waals surface area contributed by atoms with Gasteiger partial charge in [-0.2, -0.15) is 0 Å². The van der Waals surface area contributed by atoms with Gasteiger partial charge in [-0.05, 0) is 64.5 Å². The first-order valence-corrected chi connectivity index (χ1v) is 10.8. The van der Waals surface area contributed by atoms with Crippen molar-refractivity contribution in [3.63, 3.8) is 0 Å². The molecule has 8 heteroatoms. The molecule has 0 saturated heterocycles. The van der Waals surface area contributed by atoms with Gasteiger partial charge in [-0.3, -0.25) is 10.1 Å². The Morgan fingerprint density at radius 2 is 1.97 bits per heavy atom. The van der Waals surface area contributed by atoms with Gasteiger partial charge in [-0.25, -0.2) is 4.99 Å². The summed E-state index contributed by atoms with van der Waals surface area (Å²) in [5.41, 5.74) is 0.453. The van der Waals surface area contributed by atoms with E-state index in [-0.39, 0.29) is 24.8 Å². The molecule has 1 N–H and O–H groups in total. The van der Waals surface area contributed by atoms with Crippen LogP contribution >= 0.6 is 0 Å². The molecule has 0 fully saturated rings. The Hall–Kier alpha value is -2.32. The van der Waals surface area contributed by atoms with Crippen LogP contribution in [0.1, 0.15) is 50.9 Å². The molecular formula is C22H35N3O5. The molecule has 0 radical (unpaired) electrons. The maximum absolute atomic E-state index is 12.7. The third-order valence-electron chi connectivity index (χ3n) is 4.85. The van der Waals surface area contributed by atoms with Crippen LogP contribution in [0, 0.1) is 0 Å². The minimum absolute atomic E-state index is 0.0275. The number of nitrogens with one attached hydrogen (secondary N) is 1. The minimum Gasteiger partial charge on any atom is -0.463 e. The number of amides is 1. The molecule has 30 heavy (non-hydrogen) atoms. The maximum Gasteiger partial charge on any atom is 0.292 e. The zero-order valence-electron chi connectivity index (χ0n) is 18.6. The Morgan fingerprint density at radius 1 is 1.20 bits per heavy atom. The molecule has 1 atom stereocenters. The van der Waals surface area contributed by atoms with Gasteiger partial charge in [0.25, 0.3) is 11.9 Å². The lowest BCUT2D eigenvalue weighted by atomic mass is 10.2. The van der Waals surface area contributed by atoms with E-state index >= 15 is 0 Å². The molecule has 1 aliphatic heterocycles. The Morgan fingerprint density at radius 3 is 2.70 bits per heavy atom. The normalized spacial score (nSPS) is 14.1. The highest BCUT2D eigenvalue weighted by Gasteiger charge is 2.18. The summed E-state index contributed by atoms with van der Waals surface area (Å²) in [7, 11) is 0. The van der Waals surface area contributed by atoms with Crippen molar-refractivity contribution in [2.24, 2.45) is 4.99 Å². The number of carbonyl (C=O) groups is 1. The molecule has 1 aliphatic rings. The first-order valence-electron chi connectivity index (χ1n) is 10.8. The third-order valence-corrected chi connectivity index (χ3v) is 4.85. The van der Waals surface area contributed by atoms with Crippen LogP contribution in [0.15, 0.2) is 23.2 Å².